The van der Waals surface area contributed by atoms with Crippen LogP contribution in [0, 0.1) is 11.8 Å². The summed E-state index contributed by atoms with van der Waals surface area (Å²) in [7, 11) is -3.70. The minimum Gasteiger partial charge on any atom is -0.384 e. The van der Waals surface area contributed by atoms with Gasteiger partial charge in [0.2, 0.25) is 0 Å². The minimum absolute atomic E-state index is 0.0284. The van der Waals surface area contributed by atoms with Crippen molar-refractivity contribution in [3.63, 3.8) is 0 Å². The fourth-order valence-electron chi connectivity index (χ4n) is 2.32. The molecule has 0 radical (unpaired) electrons. The molecule has 1 saturated carbocycles. The molecule has 2 aliphatic rings. The van der Waals surface area contributed by atoms with Crippen LogP contribution in [-0.4, -0.2) is 20.8 Å². The number of nitrogens with two attached hydrogens (primary N) is 1. The predicted octanol–water partition coefficient (Wildman–Crippen LogP) is 1.13. The molecular weight excluding hydrogens is 264 g/mol. The first kappa shape index (κ1) is 12.3. The number of anilines is 2. The van der Waals surface area contributed by atoms with Crippen molar-refractivity contribution in [2.45, 2.75) is 13.3 Å². The minimum atomic E-state index is -3.70. The number of amidine groups is 1. The zero-order valence-electron chi connectivity index (χ0n) is 10.6. The van der Waals surface area contributed by atoms with Gasteiger partial charge in [0.1, 0.15) is 5.84 Å². The molecule has 2 atom stereocenters. The number of hydrogen-bond acceptors (Lipinski definition) is 4. The molecule has 1 aliphatic heterocycles. The summed E-state index contributed by atoms with van der Waals surface area (Å²) in [6.07, 6.45) is 1.23. The predicted molar refractivity (Wildman–Crippen MR) is 75.5 cm³/mol. The van der Waals surface area contributed by atoms with Crippen molar-refractivity contribution in [2.24, 2.45) is 22.0 Å². The Balaban J connectivity index is 1.91. The lowest BCUT2D eigenvalue weighted by molar-refractivity contribution is 0.602. The van der Waals surface area contributed by atoms with E-state index in [2.05, 4.69) is 21.4 Å². The summed E-state index contributed by atoms with van der Waals surface area (Å²) in [5, 5.41) is 3.33. The lowest BCUT2D eigenvalue weighted by Gasteiger charge is -2.19. The van der Waals surface area contributed by atoms with Gasteiger partial charge in [-0.1, -0.05) is 13.0 Å². The molecule has 1 aliphatic carbocycles. The molecule has 1 heterocycles. The van der Waals surface area contributed by atoms with Gasteiger partial charge in [-0.3, -0.25) is 4.72 Å². The van der Waals surface area contributed by atoms with Gasteiger partial charge in [0.15, 0.2) is 0 Å². The molecule has 0 amide bonds. The van der Waals surface area contributed by atoms with Crippen molar-refractivity contribution in [2.75, 3.05) is 16.6 Å². The van der Waals surface area contributed by atoms with Crippen LogP contribution in [0.5, 0.6) is 0 Å². The molecule has 1 aromatic carbocycles. The lowest BCUT2D eigenvalue weighted by atomic mass is 10.1. The van der Waals surface area contributed by atoms with Crippen LogP contribution in [0.4, 0.5) is 11.4 Å². The molecule has 1 aromatic rings. The molecule has 6 nitrogen and oxygen atoms in total. The van der Waals surface area contributed by atoms with Crippen LogP contribution in [0.3, 0.4) is 0 Å². The molecule has 3 rings (SSSR count). The Labute approximate surface area is 112 Å². The van der Waals surface area contributed by atoms with Gasteiger partial charge < -0.3 is 11.1 Å². The van der Waals surface area contributed by atoms with Crippen LogP contribution in [0.2, 0.25) is 0 Å². The SMILES string of the molecule is CC1CC1CNc1cccc2c1C(N)=NS(=O)(=O)N2. The number of fused-ring (bicyclic) bond motifs is 1. The molecule has 0 aromatic heterocycles. The van der Waals surface area contributed by atoms with E-state index in [0.717, 1.165) is 18.2 Å². The maximum atomic E-state index is 11.5. The maximum Gasteiger partial charge on any atom is 0.344 e. The number of benzene rings is 1. The second kappa shape index (κ2) is 4.12. The Kier molecular flexibility index (Phi) is 2.67. The Morgan fingerprint density at radius 3 is 2.95 bits per heavy atom. The number of nitrogens with one attached hydrogen (secondary N) is 2. The van der Waals surface area contributed by atoms with Gasteiger partial charge in [-0.2, -0.15) is 8.42 Å². The van der Waals surface area contributed by atoms with Crippen molar-refractivity contribution in [1.29, 1.82) is 0 Å². The third-order valence-corrected chi connectivity index (χ3v) is 4.52. The molecule has 0 spiro atoms. The topological polar surface area (TPSA) is 96.6 Å². The third kappa shape index (κ3) is 2.37. The summed E-state index contributed by atoms with van der Waals surface area (Å²) in [5.74, 6) is 1.48. The van der Waals surface area contributed by atoms with Crippen LogP contribution >= 0.6 is 0 Å². The number of nitrogens with zero attached hydrogens (tertiary/aromatic N) is 1. The molecule has 2 unspecified atom stereocenters. The van der Waals surface area contributed by atoms with Gasteiger partial charge in [-0.15, -0.1) is 4.40 Å². The molecule has 102 valence electrons. The van der Waals surface area contributed by atoms with Crippen LogP contribution in [0.15, 0.2) is 22.6 Å². The van der Waals surface area contributed by atoms with Crippen LogP contribution < -0.4 is 15.8 Å². The van der Waals surface area contributed by atoms with Crippen LogP contribution in [0.25, 0.3) is 0 Å². The van der Waals surface area contributed by atoms with Crippen molar-refractivity contribution in [3.05, 3.63) is 23.8 Å². The Hall–Kier alpha value is -1.76. The van der Waals surface area contributed by atoms with E-state index in [-0.39, 0.29) is 5.84 Å². The average Bonchev–Trinajstić information content (AvgIpc) is 3.00. The van der Waals surface area contributed by atoms with E-state index < -0.39 is 10.2 Å². The summed E-state index contributed by atoms with van der Waals surface area (Å²) >= 11 is 0. The average molecular weight is 280 g/mol. The van der Waals surface area contributed by atoms with E-state index >= 15 is 0 Å². The van der Waals surface area contributed by atoms with Crippen LogP contribution in [0.1, 0.15) is 18.9 Å². The van der Waals surface area contributed by atoms with Crippen molar-refractivity contribution in [1.82, 2.24) is 0 Å². The second-order valence-corrected chi connectivity index (χ2v) is 6.47. The van der Waals surface area contributed by atoms with Crippen molar-refractivity contribution in [3.8, 4) is 0 Å². The Bertz CT molecular complexity index is 654. The summed E-state index contributed by atoms with van der Waals surface area (Å²) < 4.78 is 28.8. The molecule has 19 heavy (non-hydrogen) atoms. The molecule has 1 fully saturated rings. The first-order valence-electron chi connectivity index (χ1n) is 6.22. The first-order valence-corrected chi connectivity index (χ1v) is 7.66. The molecule has 0 saturated heterocycles. The lowest BCUT2D eigenvalue weighted by Crippen LogP contribution is -2.27. The molecule has 0 bridgehead atoms. The highest BCUT2D eigenvalue weighted by atomic mass is 32.2. The van der Waals surface area contributed by atoms with Gasteiger partial charge in [0.05, 0.1) is 11.3 Å². The van der Waals surface area contributed by atoms with Crippen molar-refractivity contribution >= 4 is 27.4 Å². The van der Waals surface area contributed by atoms with E-state index in [4.69, 9.17) is 5.73 Å². The summed E-state index contributed by atoms with van der Waals surface area (Å²) in [6, 6.07) is 5.35. The van der Waals surface area contributed by atoms with Gasteiger partial charge in [0.25, 0.3) is 0 Å². The smallest absolute Gasteiger partial charge is 0.344 e. The molecule has 7 heteroatoms. The first-order chi connectivity index (χ1) is 8.96. The fraction of sp³-hybridized carbons (Fsp3) is 0.417. The van der Waals surface area contributed by atoms with Gasteiger partial charge in [0, 0.05) is 12.2 Å². The molecule has 4 N–H and O–H groups in total. The normalized spacial score (nSPS) is 26.9. The maximum absolute atomic E-state index is 11.5. The highest BCUT2D eigenvalue weighted by Gasteiger charge is 2.32. The zero-order chi connectivity index (χ0) is 13.6. The third-order valence-electron chi connectivity index (χ3n) is 3.61. The van der Waals surface area contributed by atoms with E-state index in [0.29, 0.717) is 17.2 Å². The highest BCUT2D eigenvalue weighted by Crippen LogP contribution is 2.38. The number of rotatable bonds is 3. The van der Waals surface area contributed by atoms with E-state index in [9.17, 15) is 8.42 Å². The van der Waals surface area contributed by atoms with Crippen LogP contribution in [-0.2, 0) is 10.2 Å². The summed E-state index contributed by atoms with van der Waals surface area (Å²) in [6.45, 7) is 3.09. The quantitative estimate of drug-likeness (QED) is 0.773. The van der Waals surface area contributed by atoms with E-state index in [1.807, 2.05) is 6.07 Å². The van der Waals surface area contributed by atoms with E-state index in [1.54, 1.807) is 12.1 Å². The largest absolute Gasteiger partial charge is 0.384 e. The fourth-order valence-corrected chi connectivity index (χ4v) is 3.17. The van der Waals surface area contributed by atoms with Gasteiger partial charge >= 0.3 is 10.2 Å². The summed E-state index contributed by atoms with van der Waals surface area (Å²) in [4.78, 5) is 0. The van der Waals surface area contributed by atoms with Crippen molar-refractivity contribution < 1.29 is 8.42 Å². The summed E-state index contributed by atoms with van der Waals surface area (Å²) in [5.41, 5.74) is 7.69. The highest BCUT2D eigenvalue weighted by molar-refractivity contribution is 7.91. The standard InChI is InChI=1S/C12H16N4O2S/c1-7-5-8(7)6-14-9-3-2-4-10-11(9)12(13)16-19(17,18)15-10/h2-4,7-8,14-15H,5-6H2,1H3,(H2,13,16). The Morgan fingerprint density at radius 2 is 2.26 bits per heavy atom. The monoisotopic (exact) mass is 280 g/mol. The zero-order valence-corrected chi connectivity index (χ0v) is 11.4. The molecular formula is C12H16N4O2S. The Morgan fingerprint density at radius 1 is 1.53 bits per heavy atom. The number of hydrogen-bond donors (Lipinski definition) is 3. The van der Waals surface area contributed by atoms with Gasteiger partial charge in [-0.05, 0) is 30.4 Å². The van der Waals surface area contributed by atoms with Gasteiger partial charge in [-0.25, -0.2) is 0 Å². The van der Waals surface area contributed by atoms with E-state index in [1.165, 1.54) is 6.42 Å². The second-order valence-electron chi connectivity index (χ2n) is 5.14.